The van der Waals surface area contributed by atoms with Gasteiger partial charge in [0.2, 0.25) is 0 Å². The van der Waals surface area contributed by atoms with E-state index in [0.717, 1.165) is 11.1 Å². The second kappa shape index (κ2) is 8.69. The molecule has 0 unspecified atom stereocenters. The van der Waals surface area contributed by atoms with Crippen LogP contribution >= 0.6 is 34.5 Å². The summed E-state index contributed by atoms with van der Waals surface area (Å²) in [6.45, 7) is 0.359. The summed E-state index contributed by atoms with van der Waals surface area (Å²) in [7, 11) is 0. The van der Waals surface area contributed by atoms with Gasteiger partial charge >= 0.3 is 0 Å². The predicted octanol–water partition coefficient (Wildman–Crippen LogP) is 5.75. The maximum Gasteiger partial charge on any atom is 0.280 e. The molecule has 2 aromatic heterocycles. The van der Waals surface area contributed by atoms with Crippen molar-refractivity contribution < 1.29 is 4.79 Å². The number of nitrogens with zero attached hydrogens (tertiary/aromatic N) is 4. The van der Waals surface area contributed by atoms with E-state index in [-0.39, 0.29) is 11.6 Å². The van der Waals surface area contributed by atoms with Gasteiger partial charge in [0.15, 0.2) is 5.13 Å². The minimum Gasteiger partial charge on any atom is -0.278 e. The number of hydrogen-bond donors (Lipinski definition) is 0. The van der Waals surface area contributed by atoms with Crippen LogP contribution in [0.3, 0.4) is 0 Å². The molecule has 0 bridgehead atoms. The topological polar surface area (TPSA) is 59.0 Å². The number of amides is 1. The Morgan fingerprint density at radius 2 is 1.90 bits per heavy atom. The Balaban J connectivity index is 1.71. The number of hydrogen-bond acceptors (Lipinski definition) is 5. The van der Waals surface area contributed by atoms with Crippen LogP contribution in [-0.2, 0) is 6.54 Å². The maximum absolute atomic E-state index is 13.2. The second-order valence-corrected chi connectivity index (χ2v) is 7.79. The number of carbonyl (C=O) groups is 1. The lowest BCUT2D eigenvalue weighted by molar-refractivity contribution is 0.0980. The summed E-state index contributed by atoms with van der Waals surface area (Å²) in [5, 5.41) is 3.47. The number of halogens is 2. The highest BCUT2D eigenvalue weighted by Gasteiger charge is 2.23. The molecule has 1 amide bonds. The fraction of sp³-hybridized carbons (Fsp3) is 0.0476. The van der Waals surface area contributed by atoms with Gasteiger partial charge in [0.1, 0.15) is 5.69 Å². The highest BCUT2D eigenvalue weighted by molar-refractivity contribution is 7.14. The Labute approximate surface area is 181 Å². The minimum atomic E-state index is -0.273. The summed E-state index contributed by atoms with van der Waals surface area (Å²) < 4.78 is 0. The van der Waals surface area contributed by atoms with Gasteiger partial charge in [-0.15, -0.1) is 11.3 Å². The summed E-state index contributed by atoms with van der Waals surface area (Å²) in [4.78, 5) is 27.6. The number of thiazole rings is 1. The third kappa shape index (κ3) is 4.45. The van der Waals surface area contributed by atoms with Crippen LogP contribution in [0, 0.1) is 0 Å². The average molecular weight is 441 g/mol. The minimum absolute atomic E-state index is 0.254. The van der Waals surface area contributed by atoms with Gasteiger partial charge < -0.3 is 0 Å². The Morgan fingerprint density at radius 1 is 1.07 bits per heavy atom. The summed E-state index contributed by atoms with van der Waals surface area (Å²) in [5.74, 6) is -0.273. The largest absolute Gasteiger partial charge is 0.280 e. The first-order chi connectivity index (χ1) is 14.1. The third-order valence-electron chi connectivity index (χ3n) is 4.14. The Bertz CT molecular complexity index is 1140. The van der Waals surface area contributed by atoms with Crippen LogP contribution in [0.1, 0.15) is 16.1 Å². The molecule has 2 aromatic carbocycles. The molecule has 0 saturated carbocycles. The number of anilines is 1. The summed E-state index contributed by atoms with van der Waals surface area (Å²) >= 11 is 13.7. The van der Waals surface area contributed by atoms with Crippen LogP contribution in [0.4, 0.5) is 5.13 Å². The van der Waals surface area contributed by atoms with E-state index < -0.39 is 0 Å². The molecule has 144 valence electrons. The molecule has 0 aliphatic carbocycles. The first-order valence-corrected chi connectivity index (χ1v) is 10.3. The van der Waals surface area contributed by atoms with E-state index in [0.29, 0.717) is 27.4 Å². The molecule has 2 heterocycles. The lowest BCUT2D eigenvalue weighted by atomic mass is 10.2. The molecule has 0 radical (unpaired) electrons. The Hall–Kier alpha value is -2.80. The second-order valence-electron chi connectivity index (χ2n) is 6.11. The monoisotopic (exact) mass is 440 g/mol. The van der Waals surface area contributed by atoms with Crippen molar-refractivity contribution in [3.8, 4) is 11.3 Å². The van der Waals surface area contributed by atoms with Crippen molar-refractivity contribution >= 4 is 45.6 Å². The number of carbonyl (C=O) groups excluding carboxylic acids is 1. The SMILES string of the molecule is O=C(c1cnccn1)N(Cc1ccccc1)c1nc(-c2ccc(Cl)cc2Cl)cs1. The standard InChI is InChI=1S/C21H14Cl2N4OS/c22-15-6-7-16(17(23)10-15)19-13-29-21(26-19)27(12-14-4-2-1-3-5-14)20(28)18-11-24-8-9-25-18/h1-11,13H,12H2. The molecule has 0 saturated heterocycles. The molecule has 0 N–H and O–H groups in total. The molecule has 4 aromatic rings. The lowest BCUT2D eigenvalue weighted by Gasteiger charge is -2.19. The first kappa shape index (κ1) is 19.5. The molecular formula is C21H14Cl2N4OS. The molecule has 0 spiro atoms. The summed E-state index contributed by atoms with van der Waals surface area (Å²) in [5.41, 5.74) is 2.66. The van der Waals surface area contributed by atoms with E-state index in [1.807, 2.05) is 41.8 Å². The van der Waals surface area contributed by atoms with Crippen LogP contribution < -0.4 is 4.90 Å². The average Bonchev–Trinajstić information content (AvgIpc) is 3.22. The van der Waals surface area contributed by atoms with Crippen LogP contribution in [0.25, 0.3) is 11.3 Å². The van der Waals surface area contributed by atoms with Gasteiger partial charge in [-0.1, -0.05) is 53.5 Å². The zero-order valence-electron chi connectivity index (χ0n) is 15.0. The molecule has 0 aliphatic rings. The molecule has 5 nitrogen and oxygen atoms in total. The van der Waals surface area contributed by atoms with Crippen molar-refractivity contribution in [3.63, 3.8) is 0 Å². The Kier molecular flexibility index (Phi) is 5.85. The van der Waals surface area contributed by atoms with Gasteiger partial charge in [0.25, 0.3) is 5.91 Å². The maximum atomic E-state index is 13.2. The normalized spacial score (nSPS) is 10.7. The molecule has 0 fully saturated rings. The van der Waals surface area contributed by atoms with E-state index in [9.17, 15) is 4.79 Å². The van der Waals surface area contributed by atoms with Crippen LogP contribution in [0.2, 0.25) is 10.0 Å². The van der Waals surface area contributed by atoms with Gasteiger partial charge in [0.05, 0.1) is 23.5 Å². The van der Waals surface area contributed by atoms with Crippen molar-refractivity contribution in [3.05, 3.63) is 93.8 Å². The quantitative estimate of drug-likeness (QED) is 0.396. The van der Waals surface area contributed by atoms with E-state index in [1.54, 1.807) is 17.0 Å². The summed E-state index contributed by atoms with van der Waals surface area (Å²) in [6, 6.07) is 15.0. The zero-order valence-corrected chi connectivity index (χ0v) is 17.3. The Morgan fingerprint density at radius 3 is 2.62 bits per heavy atom. The lowest BCUT2D eigenvalue weighted by Crippen LogP contribution is -2.31. The number of aromatic nitrogens is 3. The summed E-state index contributed by atoms with van der Waals surface area (Å²) in [6.07, 6.45) is 4.47. The molecule has 29 heavy (non-hydrogen) atoms. The molecule has 4 rings (SSSR count). The van der Waals surface area contributed by atoms with Crippen molar-refractivity contribution in [2.45, 2.75) is 6.54 Å². The fourth-order valence-electron chi connectivity index (χ4n) is 2.75. The van der Waals surface area contributed by atoms with Crippen molar-refractivity contribution in [1.29, 1.82) is 0 Å². The fourth-order valence-corrected chi connectivity index (χ4v) is 4.08. The van der Waals surface area contributed by atoms with Gasteiger partial charge in [-0.2, -0.15) is 0 Å². The van der Waals surface area contributed by atoms with Crippen molar-refractivity contribution in [2.75, 3.05) is 4.90 Å². The molecule has 0 aliphatic heterocycles. The smallest absolute Gasteiger partial charge is 0.278 e. The van der Waals surface area contributed by atoms with E-state index >= 15 is 0 Å². The van der Waals surface area contributed by atoms with Gasteiger partial charge in [-0.05, 0) is 23.8 Å². The van der Waals surface area contributed by atoms with Gasteiger partial charge in [0, 0.05) is 28.4 Å². The first-order valence-electron chi connectivity index (χ1n) is 8.64. The van der Waals surface area contributed by atoms with E-state index in [4.69, 9.17) is 23.2 Å². The number of benzene rings is 2. The van der Waals surface area contributed by atoms with Gasteiger partial charge in [-0.25, -0.2) is 9.97 Å². The van der Waals surface area contributed by atoms with Crippen LogP contribution in [-0.4, -0.2) is 20.9 Å². The van der Waals surface area contributed by atoms with Gasteiger partial charge in [-0.3, -0.25) is 14.7 Å². The van der Waals surface area contributed by atoms with Crippen LogP contribution in [0.15, 0.2) is 72.5 Å². The molecule has 8 heteroatoms. The van der Waals surface area contributed by atoms with Crippen LogP contribution in [0.5, 0.6) is 0 Å². The highest BCUT2D eigenvalue weighted by atomic mass is 35.5. The van der Waals surface area contributed by atoms with Crippen molar-refractivity contribution in [1.82, 2.24) is 15.0 Å². The zero-order chi connectivity index (χ0) is 20.2. The van der Waals surface area contributed by atoms with E-state index in [2.05, 4.69) is 15.0 Å². The third-order valence-corrected chi connectivity index (χ3v) is 5.55. The van der Waals surface area contributed by atoms with E-state index in [1.165, 1.54) is 29.9 Å². The molecular weight excluding hydrogens is 427 g/mol. The number of rotatable bonds is 5. The molecule has 0 atom stereocenters. The predicted molar refractivity (Wildman–Crippen MR) is 117 cm³/mol. The van der Waals surface area contributed by atoms with Crippen molar-refractivity contribution in [2.24, 2.45) is 0 Å². The highest BCUT2D eigenvalue weighted by Crippen LogP contribution is 2.34.